The second-order valence-corrected chi connectivity index (χ2v) is 6.84. The number of aromatic nitrogens is 4. The number of hydrogen-bond acceptors (Lipinski definition) is 6. The highest BCUT2D eigenvalue weighted by Gasteiger charge is 2.26. The maximum absolute atomic E-state index is 12.4. The van der Waals surface area contributed by atoms with Gasteiger partial charge in [-0.25, -0.2) is 4.98 Å². The van der Waals surface area contributed by atoms with E-state index in [4.69, 9.17) is 9.62 Å². The number of carbonyl (C=O) groups is 1. The number of hydrogen-bond donors (Lipinski definition) is 1. The summed E-state index contributed by atoms with van der Waals surface area (Å²) in [6.07, 6.45) is 4.30. The Morgan fingerprint density at radius 2 is 2.16 bits per heavy atom. The summed E-state index contributed by atoms with van der Waals surface area (Å²) >= 11 is 1.55. The minimum atomic E-state index is -0.338. The zero-order chi connectivity index (χ0) is 16.8. The number of nitrogens with zero attached hydrogens (tertiary/aromatic N) is 4. The summed E-state index contributed by atoms with van der Waals surface area (Å²) in [7, 11) is 0. The van der Waals surface area contributed by atoms with Crippen LogP contribution in [-0.4, -0.2) is 25.8 Å². The Hall–Kier alpha value is -3.00. The normalized spacial score (nSPS) is 13.3. The van der Waals surface area contributed by atoms with Crippen molar-refractivity contribution in [3.63, 3.8) is 0 Å². The van der Waals surface area contributed by atoms with E-state index in [1.807, 2.05) is 24.3 Å². The SMILES string of the molecule is O=C(Nc1c2c(nn1-c1nc3ccccc3s1)CCC2)c1ccno1. The van der Waals surface area contributed by atoms with Gasteiger partial charge in [0.15, 0.2) is 0 Å². The number of anilines is 1. The van der Waals surface area contributed by atoms with Gasteiger partial charge >= 0.3 is 0 Å². The van der Waals surface area contributed by atoms with Crippen LogP contribution in [0, 0.1) is 0 Å². The smallest absolute Gasteiger partial charge is 0.295 e. The largest absolute Gasteiger partial charge is 0.351 e. The first-order valence-corrected chi connectivity index (χ1v) is 8.80. The minimum absolute atomic E-state index is 0.170. The summed E-state index contributed by atoms with van der Waals surface area (Å²) in [6, 6.07) is 9.48. The van der Waals surface area contributed by atoms with E-state index in [9.17, 15) is 4.79 Å². The van der Waals surface area contributed by atoms with Crippen LogP contribution in [0.3, 0.4) is 0 Å². The molecule has 25 heavy (non-hydrogen) atoms. The summed E-state index contributed by atoms with van der Waals surface area (Å²) in [5.74, 6) is 0.506. The molecule has 0 fully saturated rings. The fourth-order valence-electron chi connectivity index (χ4n) is 3.11. The van der Waals surface area contributed by atoms with Gasteiger partial charge in [0, 0.05) is 11.6 Å². The Bertz CT molecular complexity index is 1050. The quantitative estimate of drug-likeness (QED) is 0.612. The average molecular weight is 351 g/mol. The molecule has 7 nitrogen and oxygen atoms in total. The molecule has 8 heteroatoms. The lowest BCUT2D eigenvalue weighted by Crippen LogP contribution is -2.15. The van der Waals surface area contributed by atoms with E-state index in [2.05, 4.69) is 15.5 Å². The fourth-order valence-corrected chi connectivity index (χ4v) is 4.04. The standard InChI is InChI=1S/C17H13N5O2S/c23-16(13-8-9-18-24-13)20-15-10-4-3-6-11(10)21-22(15)17-19-12-5-1-2-7-14(12)25-17/h1-2,5,7-9H,3-4,6H2,(H,20,23). The molecule has 0 unspecified atom stereocenters. The first kappa shape index (κ1) is 14.4. The van der Waals surface area contributed by atoms with E-state index < -0.39 is 0 Å². The van der Waals surface area contributed by atoms with Crippen LogP contribution < -0.4 is 5.32 Å². The van der Waals surface area contributed by atoms with Crippen molar-refractivity contribution >= 4 is 33.3 Å². The van der Waals surface area contributed by atoms with Crippen LogP contribution in [-0.2, 0) is 12.8 Å². The number of nitrogens with one attached hydrogen (secondary N) is 1. The Labute approximate surface area is 146 Å². The van der Waals surface area contributed by atoms with Gasteiger partial charge in [-0.05, 0) is 31.4 Å². The van der Waals surface area contributed by atoms with Crippen LogP contribution in [0.4, 0.5) is 5.82 Å². The Balaban J connectivity index is 1.61. The maximum Gasteiger partial charge on any atom is 0.295 e. The van der Waals surface area contributed by atoms with Crippen LogP contribution in [0.1, 0.15) is 28.2 Å². The monoisotopic (exact) mass is 351 g/mol. The van der Waals surface area contributed by atoms with Gasteiger partial charge in [0.1, 0.15) is 5.82 Å². The zero-order valence-electron chi connectivity index (χ0n) is 13.1. The lowest BCUT2D eigenvalue weighted by Gasteiger charge is -2.07. The van der Waals surface area contributed by atoms with Gasteiger partial charge < -0.3 is 9.84 Å². The Morgan fingerprint density at radius 3 is 3.00 bits per heavy atom. The molecule has 1 amide bonds. The van der Waals surface area contributed by atoms with Crippen LogP contribution in [0.15, 0.2) is 41.1 Å². The van der Waals surface area contributed by atoms with Crippen LogP contribution in [0.2, 0.25) is 0 Å². The molecule has 0 bridgehead atoms. The Kier molecular flexibility index (Phi) is 3.17. The first-order chi connectivity index (χ1) is 12.3. The van der Waals surface area contributed by atoms with E-state index in [0.29, 0.717) is 5.82 Å². The molecule has 0 saturated heterocycles. The number of amides is 1. The molecule has 124 valence electrons. The summed E-state index contributed by atoms with van der Waals surface area (Å²) in [5, 5.41) is 12.0. The lowest BCUT2D eigenvalue weighted by molar-refractivity contribution is 0.0987. The minimum Gasteiger partial charge on any atom is -0.351 e. The third-order valence-electron chi connectivity index (χ3n) is 4.26. The second-order valence-electron chi connectivity index (χ2n) is 5.83. The van der Waals surface area contributed by atoms with E-state index in [-0.39, 0.29) is 11.7 Å². The van der Waals surface area contributed by atoms with Crippen molar-refractivity contribution in [3.8, 4) is 5.13 Å². The number of carbonyl (C=O) groups excluding carboxylic acids is 1. The third-order valence-corrected chi connectivity index (χ3v) is 5.28. The number of fused-ring (bicyclic) bond motifs is 2. The number of aryl methyl sites for hydroxylation is 1. The molecule has 0 spiro atoms. The highest BCUT2D eigenvalue weighted by molar-refractivity contribution is 7.20. The molecule has 0 radical (unpaired) electrons. The molecule has 0 aliphatic heterocycles. The number of benzene rings is 1. The molecule has 3 aromatic heterocycles. The molecule has 3 heterocycles. The number of rotatable bonds is 3. The van der Waals surface area contributed by atoms with Crippen LogP contribution >= 0.6 is 11.3 Å². The van der Waals surface area contributed by atoms with Crippen molar-refractivity contribution in [3.05, 3.63) is 53.5 Å². The topological polar surface area (TPSA) is 85.8 Å². The second kappa shape index (κ2) is 5.52. The van der Waals surface area contributed by atoms with Gasteiger partial charge in [0.25, 0.3) is 5.91 Å². The molecule has 0 saturated carbocycles. The molecule has 0 atom stereocenters. The molecule has 1 aliphatic rings. The van der Waals surface area contributed by atoms with Crippen molar-refractivity contribution in [2.45, 2.75) is 19.3 Å². The summed E-state index contributed by atoms with van der Waals surface area (Å²) in [6.45, 7) is 0. The van der Waals surface area contributed by atoms with Crippen molar-refractivity contribution in [1.82, 2.24) is 19.9 Å². The zero-order valence-corrected chi connectivity index (χ0v) is 13.9. The molecule has 1 aliphatic carbocycles. The predicted molar refractivity (Wildman–Crippen MR) is 93.2 cm³/mol. The highest BCUT2D eigenvalue weighted by atomic mass is 32.1. The van der Waals surface area contributed by atoms with E-state index in [0.717, 1.165) is 45.9 Å². The molecule has 5 rings (SSSR count). The van der Waals surface area contributed by atoms with E-state index >= 15 is 0 Å². The van der Waals surface area contributed by atoms with Gasteiger partial charge in [-0.1, -0.05) is 28.6 Å². The fraction of sp³-hybridized carbons (Fsp3) is 0.176. The molecule has 1 N–H and O–H groups in total. The predicted octanol–water partition coefficient (Wildman–Crippen LogP) is 3.21. The summed E-state index contributed by atoms with van der Waals surface area (Å²) < 4.78 is 7.78. The van der Waals surface area contributed by atoms with Crippen LogP contribution in [0.25, 0.3) is 15.3 Å². The van der Waals surface area contributed by atoms with Gasteiger partial charge in [0.2, 0.25) is 10.9 Å². The van der Waals surface area contributed by atoms with Crippen molar-refractivity contribution in [2.24, 2.45) is 0 Å². The number of para-hydroxylation sites is 1. The highest BCUT2D eigenvalue weighted by Crippen LogP contribution is 2.33. The first-order valence-electron chi connectivity index (χ1n) is 7.98. The Morgan fingerprint density at radius 1 is 1.24 bits per heavy atom. The van der Waals surface area contributed by atoms with Crippen molar-refractivity contribution in [1.29, 1.82) is 0 Å². The summed E-state index contributed by atoms with van der Waals surface area (Å²) in [4.78, 5) is 17.1. The molecule has 4 aromatic rings. The van der Waals surface area contributed by atoms with Gasteiger partial charge in [-0.15, -0.1) is 0 Å². The van der Waals surface area contributed by atoms with Gasteiger partial charge in [-0.2, -0.15) is 9.78 Å². The van der Waals surface area contributed by atoms with Crippen molar-refractivity contribution in [2.75, 3.05) is 5.32 Å². The van der Waals surface area contributed by atoms with Crippen molar-refractivity contribution < 1.29 is 9.32 Å². The van der Waals surface area contributed by atoms with Crippen LogP contribution in [0.5, 0.6) is 0 Å². The maximum atomic E-state index is 12.4. The lowest BCUT2D eigenvalue weighted by atomic mass is 10.2. The third kappa shape index (κ3) is 2.33. The summed E-state index contributed by atoms with van der Waals surface area (Å²) in [5.41, 5.74) is 3.02. The van der Waals surface area contributed by atoms with Gasteiger partial charge in [-0.3, -0.25) is 4.79 Å². The van der Waals surface area contributed by atoms with Gasteiger partial charge in [0.05, 0.1) is 22.1 Å². The molecular weight excluding hydrogens is 338 g/mol. The molecule has 1 aromatic carbocycles. The number of thiazole rings is 1. The average Bonchev–Trinajstić information content (AvgIpc) is 3.39. The molecular formula is C17H13N5O2S. The van der Waals surface area contributed by atoms with E-state index in [1.54, 1.807) is 16.0 Å². The van der Waals surface area contributed by atoms with E-state index in [1.165, 1.54) is 12.3 Å².